The number of anilines is 1. The number of amides is 1. The molecule has 0 bridgehead atoms. The number of aromatic nitrogens is 3. The number of benzene rings is 2. The standard InChI is InChI=1S/C28H33N7O5S/c1-18(34-12-10-33(2)11-13-34)16-35-28(37)26-22(15-23(31-26)27(29)36)25(32-35)21-14-19(30-17-41(38)39)8-9-24(21)40-20-6-4-3-5-7-20/h3-9,14-15,18,30-31,41H,10-13,16-17H2,1-2H3,(H2,29,36). The van der Waals surface area contributed by atoms with Gasteiger partial charge < -0.3 is 25.7 Å². The number of fused-ring (bicyclic) bond motifs is 1. The number of nitrogens with two attached hydrogens (primary N) is 1. The van der Waals surface area contributed by atoms with Crippen molar-refractivity contribution in [2.45, 2.75) is 19.5 Å². The van der Waals surface area contributed by atoms with Crippen molar-refractivity contribution in [1.29, 1.82) is 0 Å². The highest BCUT2D eigenvalue weighted by molar-refractivity contribution is 7.72. The molecule has 0 radical (unpaired) electrons. The van der Waals surface area contributed by atoms with E-state index < -0.39 is 16.6 Å². The molecule has 0 saturated carbocycles. The molecule has 1 amide bonds. The van der Waals surface area contributed by atoms with Gasteiger partial charge in [0.15, 0.2) is 10.7 Å². The number of piperazine rings is 1. The molecular weight excluding hydrogens is 546 g/mol. The van der Waals surface area contributed by atoms with Gasteiger partial charge in [0.05, 0.1) is 6.54 Å². The minimum absolute atomic E-state index is 0.0196. The number of para-hydroxylation sites is 1. The lowest BCUT2D eigenvalue weighted by atomic mass is 10.1. The van der Waals surface area contributed by atoms with Crippen LogP contribution in [-0.2, 0) is 17.2 Å². The molecule has 1 atom stereocenters. The van der Waals surface area contributed by atoms with Crippen molar-refractivity contribution in [2.75, 3.05) is 44.4 Å². The highest BCUT2D eigenvalue weighted by atomic mass is 32.2. The van der Waals surface area contributed by atoms with E-state index in [4.69, 9.17) is 15.6 Å². The maximum atomic E-state index is 13.6. The monoisotopic (exact) mass is 579 g/mol. The normalized spacial score (nSPS) is 15.3. The summed E-state index contributed by atoms with van der Waals surface area (Å²) in [6, 6.07) is 15.8. The molecule has 1 aliphatic heterocycles. The molecule has 0 spiro atoms. The summed E-state index contributed by atoms with van der Waals surface area (Å²) in [5, 5.41) is 8.08. The van der Waals surface area contributed by atoms with Crippen molar-refractivity contribution >= 4 is 33.2 Å². The molecule has 0 aliphatic carbocycles. The third-order valence-corrected chi connectivity index (χ3v) is 7.64. The molecule has 1 fully saturated rings. The Morgan fingerprint density at radius 1 is 1.12 bits per heavy atom. The Bertz CT molecular complexity index is 1680. The first-order valence-electron chi connectivity index (χ1n) is 13.3. The number of ether oxygens (including phenoxy) is 1. The zero-order valence-corrected chi connectivity index (χ0v) is 23.8. The summed E-state index contributed by atoms with van der Waals surface area (Å²) in [4.78, 5) is 33.2. The average molecular weight is 580 g/mol. The van der Waals surface area contributed by atoms with Gasteiger partial charge in [-0.3, -0.25) is 14.5 Å². The zero-order valence-electron chi connectivity index (χ0n) is 22.9. The SMILES string of the molecule is CC(Cn1nc(-c2cc(NC[SH](=O)=O)ccc2Oc2ccccc2)c2cc(C(N)=O)[nH]c2c1=O)N1CCN(C)CC1. The van der Waals surface area contributed by atoms with E-state index in [0.29, 0.717) is 40.4 Å². The van der Waals surface area contributed by atoms with Crippen molar-refractivity contribution < 1.29 is 17.9 Å². The largest absolute Gasteiger partial charge is 0.457 e. The van der Waals surface area contributed by atoms with Crippen LogP contribution in [0.5, 0.6) is 11.5 Å². The lowest BCUT2D eigenvalue weighted by Gasteiger charge is -2.36. The third kappa shape index (κ3) is 6.42. The van der Waals surface area contributed by atoms with Crippen LogP contribution in [-0.4, -0.2) is 84.0 Å². The topological polar surface area (TPSA) is 156 Å². The van der Waals surface area contributed by atoms with E-state index in [-0.39, 0.29) is 28.7 Å². The summed E-state index contributed by atoms with van der Waals surface area (Å²) in [6.45, 7) is 6.00. The van der Waals surface area contributed by atoms with Crippen LogP contribution in [0.4, 0.5) is 5.69 Å². The average Bonchev–Trinajstić information content (AvgIpc) is 3.41. The molecule has 216 valence electrons. The van der Waals surface area contributed by atoms with Crippen LogP contribution in [0.15, 0.2) is 59.4 Å². The van der Waals surface area contributed by atoms with E-state index in [9.17, 15) is 18.0 Å². The zero-order chi connectivity index (χ0) is 29.1. The minimum Gasteiger partial charge on any atom is -0.457 e. The second-order valence-electron chi connectivity index (χ2n) is 10.2. The van der Waals surface area contributed by atoms with Gasteiger partial charge >= 0.3 is 0 Å². The number of hydrogen-bond donors (Lipinski definition) is 4. The van der Waals surface area contributed by atoms with Crippen LogP contribution < -0.4 is 21.3 Å². The van der Waals surface area contributed by atoms with Crippen LogP contribution in [0, 0.1) is 0 Å². The molecule has 2 aromatic carbocycles. The summed E-state index contributed by atoms with van der Waals surface area (Å²) in [5.74, 6) is 0.0481. The fourth-order valence-electron chi connectivity index (χ4n) is 4.93. The maximum Gasteiger partial charge on any atom is 0.291 e. The molecule has 4 N–H and O–H groups in total. The van der Waals surface area contributed by atoms with E-state index in [2.05, 4.69) is 34.1 Å². The number of likely N-dealkylation sites (N-methyl/N-ethyl adjacent to an activating group) is 1. The molecule has 4 aromatic rings. The molecule has 3 heterocycles. The molecule has 5 rings (SSSR count). The van der Waals surface area contributed by atoms with Crippen LogP contribution in [0.1, 0.15) is 17.4 Å². The first-order chi connectivity index (χ1) is 19.7. The maximum absolute atomic E-state index is 13.6. The fraction of sp³-hybridized carbons (Fsp3) is 0.321. The predicted molar refractivity (Wildman–Crippen MR) is 158 cm³/mol. The summed E-state index contributed by atoms with van der Waals surface area (Å²) in [7, 11) is -0.578. The van der Waals surface area contributed by atoms with Crippen molar-refractivity contribution in [3.05, 3.63) is 70.6 Å². The number of aromatic amines is 1. The molecule has 1 saturated heterocycles. The van der Waals surface area contributed by atoms with Gasteiger partial charge in [-0.25, -0.2) is 13.1 Å². The van der Waals surface area contributed by atoms with Gasteiger partial charge in [0.2, 0.25) is 0 Å². The molecule has 1 aliphatic rings. The Labute approximate surface area is 238 Å². The Kier molecular flexibility index (Phi) is 8.38. The number of H-pyrrole nitrogens is 1. The number of carbonyl (C=O) groups excluding carboxylic acids is 1. The van der Waals surface area contributed by atoms with Gasteiger partial charge in [-0.2, -0.15) is 5.10 Å². The lowest BCUT2D eigenvalue weighted by molar-refractivity contribution is 0.0996. The van der Waals surface area contributed by atoms with Gasteiger partial charge in [-0.05, 0) is 50.4 Å². The smallest absolute Gasteiger partial charge is 0.291 e. The van der Waals surface area contributed by atoms with Crippen molar-refractivity contribution in [3.8, 4) is 22.8 Å². The number of nitrogens with one attached hydrogen (secondary N) is 2. The third-order valence-electron chi connectivity index (χ3n) is 7.22. The van der Waals surface area contributed by atoms with Gasteiger partial charge in [-0.15, -0.1) is 0 Å². The predicted octanol–water partition coefficient (Wildman–Crippen LogP) is 1.90. The highest BCUT2D eigenvalue weighted by Gasteiger charge is 2.24. The quantitative estimate of drug-likeness (QED) is 0.206. The summed E-state index contributed by atoms with van der Waals surface area (Å²) in [6.07, 6.45) is 0. The molecule has 13 heteroatoms. The Hall–Kier alpha value is -4.20. The summed E-state index contributed by atoms with van der Waals surface area (Å²) < 4.78 is 30.1. The number of primary amides is 1. The van der Waals surface area contributed by atoms with Crippen molar-refractivity contribution in [3.63, 3.8) is 0 Å². The van der Waals surface area contributed by atoms with Crippen molar-refractivity contribution in [1.82, 2.24) is 24.6 Å². The molecule has 1 unspecified atom stereocenters. The first-order valence-corrected chi connectivity index (χ1v) is 14.6. The highest BCUT2D eigenvalue weighted by Crippen LogP contribution is 2.37. The van der Waals surface area contributed by atoms with Crippen LogP contribution >= 0.6 is 0 Å². The van der Waals surface area contributed by atoms with Gasteiger partial charge in [-0.1, -0.05) is 18.2 Å². The Morgan fingerprint density at radius 3 is 2.54 bits per heavy atom. The van der Waals surface area contributed by atoms with E-state index in [1.54, 1.807) is 30.3 Å². The van der Waals surface area contributed by atoms with Crippen molar-refractivity contribution in [2.24, 2.45) is 5.73 Å². The molecule has 41 heavy (non-hydrogen) atoms. The van der Waals surface area contributed by atoms with E-state index in [1.807, 2.05) is 18.2 Å². The number of nitrogens with zero attached hydrogens (tertiary/aromatic N) is 4. The lowest BCUT2D eigenvalue weighted by Crippen LogP contribution is -2.50. The Balaban J connectivity index is 1.65. The van der Waals surface area contributed by atoms with Gasteiger partial charge in [0.1, 0.15) is 34.3 Å². The Morgan fingerprint density at radius 2 is 1.85 bits per heavy atom. The van der Waals surface area contributed by atoms with Crippen LogP contribution in [0.25, 0.3) is 22.2 Å². The van der Waals surface area contributed by atoms with Gasteiger partial charge in [0, 0.05) is 48.9 Å². The molecular formula is C28H33N7O5S. The fourth-order valence-corrected chi connectivity index (χ4v) is 5.24. The second-order valence-corrected chi connectivity index (χ2v) is 11.1. The number of carbonyl (C=O) groups is 1. The summed E-state index contributed by atoms with van der Waals surface area (Å²) >= 11 is 0. The van der Waals surface area contributed by atoms with E-state index >= 15 is 0 Å². The van der Waals surface area contributed by atoms with Gasteiger partial charge in [0.25, 0.3) is 11.5 Å². The number of rotatable bonds is 10. The minimum atomic E-state index is -2.66. The number of thiol groups is 1. The van der Waals surface area contributed by atoms with Crippen LogP contribution in [0.3, 0.4) is 0 Å². The molecule has 2 aromatic heterocycles. The van der Waals surface area contributed by atoms with E-state index in [0.717, 1.165) is 26.2 Å². The first kappa shape index (κ1) is 28.3. The van der Waals surface area contributed by atoms with Crippen LogP contribution in [0.2, 0.25) is 0 Å². The second kappa shape index (κ2) is 12.1. The summed E-state index contributed by atoms with van der Waals surface area (Å²) in [5.41, 5.74) is 6.87. The number of hydrogen-bond acceptors (Lipinski definition) is 9. The van der Waals surface area contributed by atoms with E-state index in [1.165, 1.54) is 10.7 Å². The molecule has 12 nitrogen and oxygen atoms in total.